The minimum absolute atomic E-state index is 0.459. The zero-order chi connectivity index (χ0) is 16.5. The van der Waals surface area contributed by atoms with Crippen LogP contribution in [0, 0.1) is 17.2 Å². The molecule has 1 unspecified atom stereocenters. The average Bonchev–Trinajstić information content (AvgIpc) is 2.62. The summed E-state index contributed by atoms with van der Waals surface area (Å²) in [7, 11) is 0. The van der Waals surface area contributed by atoms with Crippen LogP contribution >= 0.6 is 0 Å². The van der Waals surface area contributed by atoms with Crippen LogP contribution in [0.15, 0.2) is 24.3 Å². The lowest BCUT2D eigenvalue weighted by Crippen LogP contribution is -2.23. The lowest BCUT2D eigenvalue weighted by atomic mass is 9.82. The molecule has 2 rings (SSSR count). The molecule has 0 amide bonds. The van der Waals surface area contributed by atoms with E-state index in [0.29, 0.717) is 12.0 Å². The highest BCUT2D eigenvalue weighted by atomic mass is 16.5. The van der Waals surface area contributed by atoms with Crippen molar-refractivity contribution in [2.24, 2.45) is 5.92 Å². The lowest BCUT2D eigenvalue weighted by Gasteiger charge is -2.30. The Morgan fingerprint density at radius 3 is 2.39 bits per heavy atom. The van der Waals surface area contributed by atoms with Gasteiger partial charge in [-0.2, -0.15) is 5.26 Å². The molecule has 0 aliphatic heterocycles. The van der Waals surface area contributed by atoms with Gasteiger partial charge < -0.3 is 4.74 Å². The van der Waals surface area contributed by atoms with E-state index in [1.807, 2.05) is 12.1 Å². The van der Waals surface area contributed by atoms with Gasteiger partial charge in [0.25, 0.3) is 0 Å². The normalized spacial score (nSPS) is 22.5. The van der Waals surface area contributed by atoms with Crippen LogP contribution in [-0.4, -0.2) is 12.7 Å². The van der Waals surface area contributed by atoms with Crippen molar-refractivity contribution in [3.05, 3.63) is 35.4 Å². The largest absolute Gasteiger partial charge is 0.378 e. The maximum Gasteiger partial charge on any atom is 0.0991 e. The highest BCUT2D eigenvalue weighted by molar-refractivity contribution is 5.33. The van der Waals surface area contributed by atoms with Gasteiger partial charge in [-0.05, 0) is 61.6 Å². The van der Waals surface area contributed by atoms with Crippen molar-refractivity contribution in [2.75, 3.05) is 6.61 Å². The Hall–Kier alpha value is -1.33. The van der Waals surface area contributed by atoms with Crippen LogP contribution in [0.5, 0.6) is 0 Å². The van der Waals surface area contributed by atoms with Crippen LogP contribution in [0.2, 0.25) is 0 Å². The van der Waals surface area contributed by atoms with Gasteiger partial charge in [-0.1, -0.05) is 45.2 Å². The summed E-state index contributed by atoms with van der Waals surface area (Å²) in [6.45, 7) is 5.49. The molecule has 1 saturated carbocycles. The van der Waals surface area contributed by atoms with E-state index in [9.17, 15) is 0 Å². The van der Waals surface area contributed by atoms with E-state index in [0.717, 1.165) is 18.1 Å². The Bertz CT molecular complexity index is 480. The van der Waals surface area contributed by atoms with Crippen molar-refractivity contribution >= 4 is 0 Å². The predicted octanol–water partition coefficient (Wildman–Crippen LogP) is 5.82. The molecule has 0 radical (unpaired) electrons. The Morgan fingerprint density at radius 1 is 1.13 bits per heavy atom. The van der Waals surface area contributed by atoms with Crippen molar-refractivity contribution in [2.45, 2.75) is 77.2 Å². The monoisotopic (exact) mass is 313 g/mol. The third kappa shape index (κ3) is 5.66. The number of rotatable bonds is 8. The van der Waals surface area contributed by atoms with Gasteiger partial charge in [0.2, 0.25) is 0 Å². The average molecular weight is 313 g/mol. The number of unbranched alkanes of at least 4 members (excludes halogenated alkanes) is 1. The van der Waals surface area contributed by atoms with Crippen LogP contribution < -0.4 is 0 Å². The Kier molecular flexibility index (Phi) is 7.62. The van der Waals surface area contributed by atoms with Crippen molar-refractivity contribution < 1.29 is 4.74 Å². The maximum absolute atomic E-state index is 8.89. The summed E-state index contributed by atoms with van der Waals surface area (Å²) in [5.74, 6) is 1.39. The molecule has 126 valence electrons. The number of nitriles is 1. The van der Waals surface area contributed by atoms with Crippen LogP contribution in [0.1, 0.15) is 82.3 Å². The molecule has 1 aromatic rings. The fourth-order valence-corrected chi connectivity index (χ4v) is 3.56. The molecule has 0 aromatic heterocycles. The molecule has 0 spiro atoms. The molecule has 0 heterocycles. The maximum atomic E-state index is 8.89. The predicted molar refractivity (Wildman–Crippen MR) is 95.4 cm³/mol. The Morgan fingerprint density at radius 2 is 1.83 bits per heavy atom. The summed E-state index contributed by atoms with van der Waals surface area (Å²) in [4.78, 5) is 0. The van der Waals surface area contributed by atoms with Gasteiger partial charge in [-0.3, -0.25) is 0 Å². The number of hydrogen-bond donors (Lipinski definition) is 0. The minimum Gasteiger partial charge on any atom is -0.378 e. The number of nitrogens with zero attached hydrogens (tertiary/aromatic N) is 1. The second kappa shape index (κ2) is 9.73. The second-order valence-electron chi connectivity index (χ2n) is 6.96. The summed E-state index contributed by atoms with van der Waals surface area (Å²) < 4.78 is 6.21. The summed E-state index contributed by atoms with van der Waals surface area (Å²) in [5.41, 5.74) is 2.14. The first-order valence-electron chi connectivity index (χ1n) is 9.38. The molecule has 1 aromatic carbocycles. The number of hydrogen-bond acceptors (Lipinski definition) is 2. The molecule has 2 nitrogen and oxygen atoms in total. The van der Waals surface area contributed by atoms with Gasteiger partial charge in [0.15, 0.2) is 0 Å². The van der Waals surface area contributed by atoms with Gasteiger partial charge >= 0.3 is 0 Å². The quantitative estimate of drug-likeness (QED) is 0.606. The fourth-order valence-electron chi connectivity index (χ4n) is 3.56. The fraction of sp³-hybridized carbons (Fsp3) is 0.667. The first-order chi connectivity index (χ1) is 11.3. The topological polar surface area (TPSA) is 33.0 Å². The first-order valence-corrected chi connectivity index (χ1v) is 9.38. The van der Waals surface area contributed by atoms with Gasteiger partial charge in [0, 0.05) is 6.61 Å². The summed E-state index contributed by atoms with van der Waals surface area (Å²) in [6.07, 6.45) is 10.4. The van der Waals surface area contributed by atoms with E-state index < -0.39 is 0 Å². The molecule has 0 bridgehead atoms. The smallest absolute Gasteiger partial charge is 0.0991 e. The molecule has 1 aliphatic carbocycles. The van der Waals surface area contributed by atoms with Gasteiger partial charge in [0.05, 0.1) is 17.7 Å². The standard InChI is InChI=1S/C21H31NO/c1-3-5-6-17(4-2)16-23-21-13-11-20(12-14-21)19-9-7-18(15-22)8-10-19/h7-10,17,20-21H,3-6,11-14,16H2,1-2H3. The molecule has 1 fully saturated rings. The number of ether oxygens (including phenoxy) is 1. The third-order valence-electron chi connectivity index (χ3n) is 5.30. The van der Waals surface area contributed by atoms with Crippen LogP contribution in [0.4, 0.5) is 0 Å². The second-order valence-corrected chi connectivity index (χ2v) is 6.96. The first kappa shape index (κ1) is 18.0. The van der Waals surface area contributed by atoms with Crippen LogP contribution in [0.25, 0.3) is 0 Å². The molecule has 23 heavy (non-hydrogen) atoms. The summed E-state index contributed by atoms with van der Waals surface area (Å²) in [5, 5.41) is 8.89. The lowest BCUT2D eigenvalue weighted by molar-refractivity contribution is 0.00221. The van der Waals surface area contributed by atoms with Crippen LogP contribution in [0.3, 0.4) is 0 Å². The SMILES string of the molecule is CCCCC(CC)COC1CCC(c2ccc(C#N)cc2)CC1. The third-order valence-corrected chi connectivity index (χ3v) is 5.30. The summed E-state index contributed by atoms with van der Waals surface area (Å²) >= 11 is 0. The molecule has 1 aliphatic rings. The highest BCUT2D eigenvalue weighted by Crippen LogP contribution is 2.34. The van der Waals surface area contributed by atoms with Crippen molar-refractivity contribution in [1.29, 1.82) is 5.26 Å². The van der Waals surface area contributed by atoms with Crippen molar-refractivity contribution in [3.8, 4) is 6.07 Å². The van der Waals surface area contributed by atoms with Gasteiger partial charge in [-0.15, -0.1) is 0 Å². The van der Waals surface area contributed by atoms with Crippen LogP contribution in [-0.2, 0) is 4.74 Å². The molecule has 0 N–H and O–H groups in total. The van der Waals surface area contributed by atoms with Crippen molar-refractivity contribution in [1.82, 2.24) is 0 Å². The van der Waals surface area contributed by atoms with E-state index in [1.165, 1.54) is 56.9 Å². The summed E-state index contributed by atoms with van der Waals surface area (Å²) in [6, 6.07) is 10.3. The van der Waals surface area contributed by atoms with Crippen molar-refractivity contribution in [3.63, 3.8) is 0 Å². The van der Waals surface area contributed by atoms with Gasteiger partial charge in [-0.25, -0.2) is 0 Å². The highest BCUT2D eigenvalue weighted by Gasteiger charge is 2.23. The minimum atomic E-state index is 0.459. The Labute approximate surface area is 141 Å². The van der Waals surface area contributed by atoms with Gasteiger partial charge in [0.1, 0.15) is 0 Å². The van der Waals surface area contributed by atoms with E-state index >= 15 is 0 Å². The van der Waals surface area contributed by atoms with E-state index in [-0.39, 0.29) is 0 Å². The zero-order valence-corrected chi connectivity index (χ0v) is 14.8. The molecular formula is C21H31NO. The molecule has 2 heteroatoms. The zero-order valence-electron chi connectivity index (χ0n) is 14.8. The number of benzene rings is 1. The van der Waals surface area contributed by atoms with E-state index in [1.54, 1.807) is 0 Å². The molecule has 0 saturated heterocycles. The van der Waals surface area contributed by atoms with E-state index in [2.05, 4.69) is 32.0 Å². The Balaban J connectivity index is 1.73. The van der Waals surface area contributed by atoms with E-state index in [4.69, 9.17) is 10.00 Å². The molecular weight excluding hydrogens is 282 g/mol. The molecule has 1 atom stereocenters.